The van der Waals surface area contributed by atoms with Crippen molar-refractivity contribution in [2.45, 2.75) is 0 Å². The van der Waals surface area contributed by atoms with Crippen molar-refractivity contribution < 1.29 is 13.9 Å². The Morgan fingerprint density at radius 2 is 1.84 bits per heavy atom. The number of rotatable bonds is 3. The van der Waals surface area contributed by atoms with Crippen LogP contribution in [0.15, 0.2) is 51.8 Å². The van der Waals surface area contributed by atoms with Gasteiger partial charge in [0.2, 0.25) is 0 Å². The third-order valence-corrected chi connectivity index (χ3v) is 5.28. The summed E-state index contributed by atoms with van der Waals surface area (Å²) in [4.78, 5) is 13.3. The van der Waals surface area contributed by atoms with Gasteiger partial charge >= 0.3 is 0 Å². The molecule has 2 aliphatic heterocycles. The van der Waals surface area contributed by atoms with Crippen molar-refractivity contribution in [3.63, 3.8) is 0 Å². The largest absolute Gasteiger partial charge is 0.457 e. The van der Waals surface area contributed by atoms with E-state index in [4.69, 9.17) is 21.4 Å². The molecular weight excluding hydrogens is 356 g/mol. The molecule has 0 spiro atoms. The summed E-state index contributed by atoms with van der Waals surface area (Å²) in [6, 6.07) is 13.6. The molecule has 5 nitrogen and oxygen atoms in total. The number of benzene rings is 1. The molecule has 2 fully saturated rings. The van der Waals surface area contributed by atoms with E-state index < -0.39 is 0 Å². The first-order valence-electron chi connectivity index (χ1n) is 7.98. The molecule has 0 unspecified atom stereocenters. The second kappa shape index (κ2) is 7.13. The number of furan rings is 1. The standard InChI is InChI=1S/C18H16N2O3S2/c21-17-16(25-18(24)20(17)19-8-10-22-11-9-19)12-14-6-7-15(23-14)13-4-2-1-3-5-13/h1-7,12H,8-11H2/b16-12+. The van der Waals surface area contributed by atoms with E-state index in [0.29, 0.717) is 41.3 Å². The fourth-order valence-electron chi connectivity index (χ4n) is 2.77. The zero-order chi connectivity index (χ0) is 17.2. The number of thiocarbonyl (C=S) groups is 1. The van der Waals surface area contributed by atoms with Crippen LogP contribution in [0.25, 0.3) is 17.4 Å². The minimum absolute atomic E-state index is 0.102. The Bertz CT molecular complexity index is 826. The van der Waals surface area contributed by atoms with Crippen LogP contribution in [0, 0.1) is 0 Å². The molecule has 0 aliphatic carbocycles. The Kier molecular flexibility index (Phi) is 4.72. The van der Waals surface area contributed by atoms with Crippen molar-refractivity contribution in [2.75, 3.05) is 26.3 Å². The summed E-state index contributed by atoms with van der Waals surface area (Å²) >= 11 is 6.69. The van der Waals surface area contributed by atoms with Crippen molar-refractivity contribution in [3.8, 4) is 11.3 Å². The van der Waals surface area contributed by atoms with Gasteiger partial charge in [0.25, 0.3) is 5.91 Å². The average molecular weight is 372 g/mol. The predicted molar refractivity (Wildman–Crippen MR) is 102 cm³/mol. The maximum atomic E-state index is 12.7. The zero-order valence-corrected chi connectivity index (χ0v) is 15.0. The van der Waals surface area contributed by atoms with E-state index in [0.717, 1.165) is 11.3 Å². The number of nitrogens with zero attached hydrogens (tertiary/aromatic N) is 2. The molecule has 1 amide bonds. The molecule has 0 atom stereocenters. The lowest BCUT2D eigenvalue weighted by Gasteiger charge is -2.33. The molecule has 0 radical (unpaired) electrons. The number of hydrogen-bond donors (Lipinski definition) is 0. The molecule has 1 aromatic carbocycles. The highest BCUT2D eigenvalue weighted by Gasteiger charge is 2.37. The molecule has 0 saturated carbocycles. The number of ether oxygens (including phenoxy) is 1. The van der Waals surface area contributed by atoms with Gasteiger partial charge in [0.1, 0.15) is 11.5 Å². The van der Waals surface area contributed by atoms with Crippen molar-refractivity contribution in [1.82, 2.24) is 10.0 Å². The number of amides is 1. The maximum Gasteiger partial charge on any atom is 0.281 e. The van der Waals surface area contributed by atoms with Gasteiger partial charge in [-0.05, 0) is 12.1 Å². The van der Waals surface area contributed by atoms with Crippen LogP contribution in [0.2, 0.25) is 0 Å². The van der Waals surface area contributed by atoms with Crippen LogP contribution >= 0.6 is 24.0 Å². The number of hydrazine groups is 1. The lowest BCUT2D eigenvalue weighted by atomic mass is 10.2. The minimum atomic E-state index is -0.102. The predicted octanol–water partition coefficient (Wildman–Crippen LogP) is 3.40. The molecule has 3 heterocycles. The summed E-state index contributed by atoms with van der Waals surface area (Å²) in [6.07, 6.45) is 1.76. The van der Waals surface area contributed by atoms with Gasteiger partial charge in [-0.1, -0.05) is 54.3 Å². The Morgan fingerprint density at radius 1 is 1.08 bits per heavy atom. The normalized spacial score (nSPS) is 20.6. The summed E-state index contributed by atoms with van der Waals surface area (Å²) < 4.78 is 11.7. The number of carbonyl (C=O) groups is 1. The van der Waals surface area contributed by atoms with Crippen LogP contribution in [0.3, 0.4) is 0 Å². The summed E-state index contributed by atoms with van der Waals surface area (Å²) in [6.45, 7) is 2.54. The summed E-state index contributed by atoms with van der Waals surface area (Å²) in [5.74, 6) is 1.31. The summed E-state index contributed by atoms with van der Waals surface area (Å²) in [5.41, 5.74) is 1.00. The topological polar surface area (TPSA) is 45.9 Å². The average Bonchev–Trinajstić information content (AvgIpc) is 3.22. The van der Waals surface area contributed by atoms with E-state index in [2.05, 4.69) is 0 Å². The van der Waals surface area contributed by atoms with E-state index in [1.54, 1.807) is 11.1 Å². The van der Waals surface area contributed by atoms with E-state index in [9.17, 15) is 4.79 Å². The Hall–Kier alpha value is -1.93. The number of hydrogen-bond acceptors (Lipinski definition) is 6. The summed E-state index contributed by atoms with van der Waals surface area (Å²) in [5, 5.41) is 3.52. The molecule has 1 aromatic heterocycles. The molecule has 4 rings (SSSR count). The Labute approximate surface area is 155 Å². The highest BCUT2D eigenvalue weighted by Crippen LogP contribution is 2.34. The van der Waals surface area contributed by atoms with Crippen LogP contribution in [0.5, 0.6) is 0 Å². The molecule has 25 heavy (non-hydrogen) atoms. The molecular formula is C18H16N2O3S2. The SMILES string of the molecule is O=C1/C(=C\c2ccc(-c3ccccc3)o2)SC(=S)N1N1CCOCC1. The smallest absolute Gasteiger partial charge is 0.281 e. The van der Waals surface area contributed by atoms with Gasteiger partial charge in [-0.15, -0.1) is 0 Å². The number of thioether (sulfide) groups is 1. The lowest BCUT2D eigenvalue weighted by molar-refractivity contribution is -0.138. The molecule has 2 saturated heterocycles. The first kappa shape index (κ1) is 16.5. The van der Waals surface area contributed by atoms with E-state index in [1.807, 2.05) is 47.5 Å². The molecule has 7 heteroatoms. The van der Waals surface area contributed by atoms with Crippen LogP contribution < -0.4 is 0 Å². The molecule has 2 aromatic rings. The Morgan fingerprint density at radius 3 is 2.60 bits per heavy atom. The lowest BCUT2D eigenvalue weighted by Crippen LogP contribution is -2.50. The fraction of sp³-hybridized carbons (Fsp3) is 0.222. The van der Waals surface area contributed by atoms with Crippen LogP contribution in [-0.2, 0) is 9.53 Å². The zero-order valence-electron chi connectivity index (χ0n) is 13.4. The molecule has 2 aliphatic rings. The molecule has 128 valence electrons. The van der Waals surface area contributed by atoms with Gasteiger partial charge in [0.15, 0.2) is 4.32 Å². The molecule has 0 bridgehead atoms. The van der Waals surface area contributed by atoms with Crippen LogP contribution in [-0.4, -0.2) is 46.5 Å². The van der Waals surface area contributed by atoms with E-state index in [-0.39, 0.29) is 5.91 Å². The van der Waals surface area contributed by atoms with Gasteiger partial charge in [0, 0.05) is 24.7 Å². The van der Waals surface area contributed by atoms with Crippen LogP contribution in [0.1, 0.15) is 5.76 Å². The maximum absolute atomic E-state index is 12.7. The fourth-order valence-corrected chi connectivity index (χ4v) is 4.06. The van der Waals surface area contributed by atoms with Gasteiger partial charge < -0.3 is 9.15 Å². The van der Waals surface area contributed by atoms with Gasteiger partial charge in [-0.3, -0.25) is 4.79 Å². The first-order chi connectivity index (χ1) is 12.2. The van der Waals surface area contributed by atoms with Crippen LogP contribution in [0.4, 0.5) is 0 Å². The second-order valence-electron chi connectivity index (χ2n) is 5.63. The van der Waals surface area contributed by atoms with E-state index >= 15 is 0 Å². The third kappa shape index (κ3) is 3.41. The van der Waals surface area contributed by atoms with Crippen molar-refractivity contribution in [2.24, 2.45) is 0 Å². The number of carbonyl (C=O) groups excluding carboxylic acids is 1. The second-order valence-corrected chi connectivity index (χ2v) is 7.30. The van der Waals surface area contributed by atoms with E-state index in [1.165, 1.54) is 11.8 Å². The van der Waals surface area contributed by atoms with Gasteiger partial charge in [-0.2, -0.15) is 0 Å². The first-order valence-corrected chi connectivity index (χ1v) is 9.21. The van der Waals surface area contributed by atoms with Crippen molar-refractivity contribution >= 4 is 40.3 Å². The quantitative estimate of drug-likeness (QED) is 0.608. The van der Waals surface area contributed by atoms with Gasteiger partial charge in [0.05, 0.1) is 18.1 Å². The summed E-state index contributed by atoms with van der Waals surface area (Å²) in [7, 11) is 0. The van der Waals surface area contributed by atoms with Gasteiger partial charge in [-0.25, -0.2) is 10.0 Å². The number of morpholine rings is 1. The molecule has 0 N–H and O–H groups in total. The van der Waals surface area contributed by atoms with Crippen molar-refractivity contribution in [1.29, 1.82) is 0 Å². The third-order valence-electron chi connectivity index (χ3n) is 4.00. The Balaban J connectivity index is 1.55. The highest BCUT2D eigenvalue weighted by atomic mass is 32.2. The highest BCUT2D eigenvalue weighted by molar-refractivity contribution is 8.26. The van der Waals surface area contributed by atoms with Crippen molar-refractivity contribution in [3.05, 3.63) is 53.1 Å². The minimum Gasteiger partial charge on any atom is -0.457 e. The monoisotopic (exact) mass is 372 g/mol.